The van der Waals surface area contributed by atoms with Crippen LogP contribution in [0.3, 0.4) is 0 Å². The Morgan fingerprint density at radius 3 is 2.75 bits per heavy atom. The maximum absolute atomic E-state index is 11.8. The van der Waals surface area contributed by atoms with Crippen LogP contribution < -0.4 is 15.4 Å². The first-order valence-corrected chi connectivity index (χ1v) is 7.43. The zero-order valence-corrected chi connectivity index (χ0v) is 12.5. The first-order chi connectivity index (χ1) is 9.69. The van der Waals surface area contributed by atoms with Crippen LogP contribution in [-0.2, 0) is 6.54 Å². The second kappa shape index (κ2) is 7.39. The van der Waals surface area contributed by atoms with E-state index in [1.807, 2.05) is 6.07 Å². The number of ether oxygens (including phenoxy) is 1. The van der Waals surface area contributed by atoms with E-state index in [-0.39, 0.29) is 6.03 Å². The summed E-state index contributed by atoms with van der Waals surface area (Å²) in [5.74, 6) is 0.641. The fourth-order valence-corrected chi connectivity index (χ4v) is 2.77. The Morgan fingerprint density at radius 1 is 1.35 bits per heavy atom. The molecule has 1 saturated carbocycles. The molecule has 0 atom stereocenters. The molecule has 20 heavy (non-hydrogen) atoms. The van der Waals surface area contributed by atoms with Gasteiger partial charge >= 0.3 is 6.03 Å². The topological polar surface area (TPSA) is 50.4 Å². The number of nitrogens with one attached hydrogen (secondary N) is 2. The molecule has 0 aromatic heterocycles. The Balaban J connectivity index is 1.79. The number of benzene rings is 1. The first-order valence-electron chi connectivity index (χ1n) is 7.06. The summed E-state index contributed by atoms with van der Waals surface area (Å²) in [5, 5.41) is 6.44. The summed E-state index contributed by atoms with van der Waals surface area (Å²) in [6.45, 7) is 0.461. The molecule has 2 amide bonds. The fourth-order valence-electron chi connectivity index (χ4n) is 2.49. The molecule has 110 valence electrons. The lowest BCUT2D eigenvalue weighted by Gasteiger charge is -2.22. The van der Waals surface area contributed by atoms with Crippen molar-refractivity contribution < 1.29 is 9.53 Å². The predicted molar refractivity (Wildman–Crippen MR) is 80.2 cm³/mol. The number of carbonyl (C=O) groups excluding carboxylic acids is 1. The van der Waals surface area contributed by atoms with Crippen LogP contribution in [0.2, 0.25) is 5.02 Å². The molecule has 0 radical (unpaired) electrons. The van der Waals surface area contributed by atoms with Crippen LogP contribution in [0, 0.1) is 0 Å². The molecule has 1 aliphatic rings. The van der Waals surface area contributed by atoms with Crippen molar-refractivity contribution in [3.05, 3.63) is 28.8 Å². The number of halogens is 1. The second-order valence-corrected chi connectivity index (χ2v) is 5.54. The molecule has 0 unspecified atom stereocenters. The minimum Gasteiger partial charge on any atom is -0.495 e. The maximum atomic E-state index is 11.8. The van der Waals surface area contributed by atoms with Crippen LogP contribution in [0.15, 0.2) is 18.2 Å². The van der Waals surface area contributed by atoms with Crippen molar-refractivity contribution in [1.29, 1.82) is 0 Å². The minimum atomic E-state index is -0.108. The highest BCUT2D eigenvalue weighted by Crippen LogP contribution is 2.24. The molecule has 0 heterocycles. The van der Waals surface area contributed by atoms with E-state index in [4.69, 9.17) is 16.3 Å². The van der Waals surface area contributed by atoms with Gasteiger partial charge in [-0.2, -0.15) is 0 Å². The normalized spacial score (nSPS) is 15.7. The van der Waals surface area contributed by atoms with Gasteiger partial charge in [0, 0.05) is 12.6 Å². The summed E-state index contributed by atoms with van der Waals surface area (Å²) in [5.41, 5.74) is 0.953. The number of rotatable bonds is 4. The lowest BCUT2D eigenvalue weighted by atomic mass is 9.96. The van der Waals surface area contributed by atoms with Gasteiger partial charge in [-0.1, -0.05) is 36.9 Å². The van der Waals surface area contributed by atoms with Gasteiger partial charge in [-0.15, -0.1) is 0 Å². The van der Waals surface area contributed by atoms with Gasteiger partial charge in [0.15, 0.2) is 0 Å². The summed E-state index contributed by atoms with van der Waals surface area (Å²) >= 11 is 6.05. The van der Waals surface area contributed by atoms with Crippen LogP contribution >= 0.6 is 11.6 Å². The van der Waals surface area contributed by atoms with Crippen molar-refractivity contribution in [2.75, 3.05) is 7.11 Å². The van der Waals surface area contributed by atoms with Gasteiger partial charge in [-0.05, 0) is 30.5 Å². The molecule has 1 aromatic rings. The van der Waals surface area contributed by atoms with Crippen LogP contribution in [0.5, 0.6) is 5.75 Å². The standard InChI is InChI=1S/C15H21ClN2O2/c1-20-14-8-7-11(9-13(14)16)10-17-15(19)18-12-5-3-2-4-6-12/h7-9,12H,2-6,10H2,1H3,(H2,17,18,19). The zero-order chi connectivity index (χ0) is 14.4. The van der Waals surface area contributed by atoms with Gasteiger partial charge in [0.1, 0.15) is 5.75 Å². The quantitative estimate of drug-likeness (QED) is 0.894. The number of hydrogen-bond donors (Lipinski definition) is 2. The lowest BCUT2D eigenvalue weighted by molar-refractivity contribution is 0.232. The molecular formula is C15H21ClN2O2. The van der Waals surface area contributed by atoms with E-state index in [2.05, 4.69) is 10.6 Å². The van der Waals surface area contributed by atoms with Crippen LogP contribution in [-0.4, -0.2) is 19.2 Å². The number of hydrogen-bond acceptors (Lipinski definition) is 2. The molecule has 4 nitrogen and oxygen atoms in total. The Kier molecular flexibility index (Phi) is 5.53. The largest absolute Gasteiger partial charge is 0.495 e. The molecule has 0 bridgehead atoms. The van der Waals surface area contributed by atoms with E-state index in [0.717, 1.165) is 18.4 Å². The van der Waals surface area contributed by atoms with Crippen molar-refractivity contribution in [2.45, 2.75) is 44.7 Å². The van der Waals surface area contributed by atoms with Gasteiger partial charge in [-0.25, -0.2) is 4.79 Å². The van der Waals surface area contributed by atoms with E-state index >= 15 is 0 Å². The Bertz CT molecular complexity index is 459. The third kappa shape index (κ3) is 4.30. The summed E-state index contributed by atoms with van der Waals surface area (Å²) in [7, 11) is 1.58. The molecule has 0 spiro atoms. The van der Waals surface area contributed by atoms with E-state index in [9.17, 15) is 4.79 Å². The second-order valence-electron chi connectivity index (χ2n) is 5.13. The molecule has 2 rings (SSSR count). The molecule has 5 heteroatoms. The van der Waals surface area contributed by atoms with Gasteiger partial charge in [0.2, 0.25) is 0 Å². The SMILES string of the molecule is COc1ccc(CNC(=O)NC2CCCCC2)cc1Cl. The molecule has 1 aliphatic carbocycles. The monoisotopic (exact) mass is 296 g/mol. The van der Waals surface area contributed by atoms with Crippen molar-refractivity contribution in [3.8, 4) is 5.75 Å². The lowest BCUT2D eigenvalue weighted by Crippen LogP contribution is -2.42. The molecule has 2 N–H and O–H groups in total. The Hall–Kier alpha value is -1.42. The van der Waals surface area contributed by atoms with Crippen molar-refractivity contribution in [1.82, 2.24) is 10.6 Å². The number of urea groups is 1. The van der Waals surface area contributed by atoms with Gasteiger partial charge < -0.3 is 15.4 Å². The van der Waals surface area contributed by atoms with Crippen molar-refractivity contribution in [2.24, 2.45) is 0 Å². The molecule has 0 saturated heterocycles. The van der Waals surface area contributed by atoms with E-state index in [1.54, 1.807) is 19.2 Å². The Labute approximate surface area is 124 Å². The smallest absolute Gasteiger partial charge is 0.315 e. The van der Waals surface area contributed by atoms with E-state index in [1.165, 1.54) is 19.3 Å². The Morgan fingerprint density at radius 2 is 2.10 bits per heavy atom. The van der Waals surface area contributed by atoms with E-state index < -0.39 is 0 Å². The van der Waals surface area contributed by atoms with E-state index in [0.29, 0.717) is 23.4 Å². The maximum Gasteiger partial charge on any atom is 0.315 e. The van der Waals surface area contributed by atoms with Gasteiger partial charge in [-0.3, -0.25) is 0 Å². The van der Waals surface area contributed by atoms with Crippen molar-refractivity contribution >= 4 is 17.6 Å². The summed E-state index contributed by atoms with van der Waals surface area (Å²) < 4.78 is 5.09. The highest BCUT2D eigenvalue weighted by molar-refractivity contribution is 6.32. The first kappa shape index (κ1) is 15.0. The molecule has 0 aliphatic heterocycles. The average Bonchev–Trinajstić information content (AvgIpc) is 2.46. The van der Waals surface area contributed by atoms with Gasteiger partial charge in [0.25, 0.3) is 0 Å². The van der Waals surface area contributed by atoms with Gasteiger partial charge in [0.05, 0.1) is 12.1 Å². The highest BCUT2D eigenvalue weighted by atomic mass is 35.5. The zero-order valence-electron chi connectivity index (χ0n) is 11.7. The molecule has 1 aromatic carbocycles. The summed E-state index contributed by atoms with van der Waals surface area (Å²) in [6, 6.07) is 5.72. The highest BCUT2D eigenvalue weighted by Gasteiger charge is 2.15. The fraction of sp³-hybridized carbons (Fsp3) is 0.533. The summed E-state index contributed by atoms with van der Waals surface area (Å²) in [6.07, 6.45) is 5.87. The third-order valence-electron chi connectivity index (χ3n) is 3.61. The van der Waals surface area contributed by atoms with Crippen LogP contribution in [0.25, 0.3) is 0 Å². The summed E-state index contributed by atoms with van der Waals surface area (Å²) in [4.78, 5) is 11.8. The third-order valence-corrected chi connectivity index (χ3v) is 3.91. The average molecular weight is 297 g/mol. The number of methoxy groups -OCH3 is 1. The van der Waals surface area contributed by atoms with Crippen LogP contribution in [0.1, 0.15) is 37.7 Å². The molecule has 1 fully saturated rings. The predicted octanol–water partition coefficient (Wildman–Crippen LogP) is 3.48. The molecular weight excluding hydrogens is 276 g/mol. The minimum absolute atomic E-state index is 0.108. The number of carbonyl (C=O) groups is 1. The van der Waals surface area contributed by atoms with Crippen LogP contribution in [0.4, 0.5) is 4.79 Å². The van der Waals surface area contributed by atoms with Crippen molar-refractivity contribution in [3.63, 3.8) is 0 Å². The number of amides is 2.